The zero-order valence-corrected chi connectivity index (χ0v) is 15.1. The molecule has 7 heteroatoms. The van der Waals surface area contributed by atoms with Crippen LogP contribution in [-0.2, 0) is 0 Å². The highest BCUT2D eigenvalue weighted by atomic mass is 35.5. The Morgan fingerprint density at radius 2 is 2.17 bits per heavy atom. The number of urea groups is 1. The van der Waals surface area contributed by atoms with Gasteiger partial charge in [-0.25, -0.2) is 9.78 Å². The van der Waals surface area contributed by atoms with Gasteiger partial charge < -0.3 is 20.4 Å². The van der Waals surface area contributed by atoms with Gasteiger partial charge in [-0.2, -0.15) is 0 Å². The standard InChI is InChI=1S/C17H23ClN4O2/c1-5-13(16-19-9-11(4)20-16)21-17(23)22-14-8-6-7-12(18)15(14)24-10(2)3/h6-10,13H,5H2,1-4H3,(H,19,20)(H2,21,22,23)/t13-/m0/s1. The Bertz CT molecular complexity index is 700. The van der Waals surface area contributed by atoms with Crippen molar-refractivity contribution in [1.82, 2.24) is 15.3 Å². The van der Waals surface area contributed by atoms with Crippen molar-refractivity contribution in [3.63, 3.8) is 0 Å². The first-order chi connectivity index (χ1) is 11.4. The number of nitrogens with one attached hydrogen (secondary N) is 3. The topological polar surface area (TPSA) is 79.0 Å². The molecule has 0 unspecified atom stereocenters. The molecule has 0 saturated carbocycles. The lowest BCUT2D eigenvalue weighted by Crippen LogP contribution is -2.33. The van der Waals surface area contributed by atoms with Crippen molar-refractivity contribution in [1.29, 1.82) is 0 Å². The van der Waals surface area contributed by atoms with E-state index in [9.17, 15) is 4.79 Å². The molecule has 1 heterocycles. The van der Waals surface area contributed by atoms with Crippen LogP contribution in [0.4, 0.5) is 10.5 Å². The molecule has 0 aliphatic rings. The Morgan fingerprint density at radius 3 is 2.75 bits per heavy atom. The number of H-pyrrole nitrogens is 1. The molecule has 24 heavy (non-hydrogen) atoms. The molecule has 130 valence electrons. The van der Waals surface area contributed by atoms with E-state index in [4.69, 9.17) is 16.3 Å². The summed E-state index contributed by atoms with van der Waals surface area (Å²) in [7, 11) is 0. The first-order valence-electron chi connectivity index (χ1n) is 7.94. The molecule has 3 N–H and O–H groups in total. The van der Waals surface area contributed by atoms with E-state index in [1.165, 1.54) is 0 Å². The summed E-state index contributed by atoms with van der Waals surface area (Å²) in [6, 6.07) is 4.70. The van der Waals surface area contributed by atoms with Crippen LogP contribution in [0.15, 0.2) is 24.4 Å². The number of para-hydroxylation sites is 1. The van der Waals surface area contributed by atoms with Crippen LogP contribution in [0.3, 0.4) is 0 Å². The number of anilines is 1. The van der Waals surface area contributed by atoms with E-state index in [-0.39, 0.29) is 18.2 Å². The summed E-state index contributed by atoms with van der Waals surface area (Å²) < 4.78 is 5.70. The number of imidazole rings is 1. The summed E-state index contributed by atoms with van der Waals surface area (Å²) in [6.07, 6.45) is 2.40. The summed E-state index contributed by atoms with van der Waals surface area (Å²) in [5, 5.41) is 6.15. The Morgan fingerprint density at radius 1 is 1.42 bits per heavy atom. The van der Waals surface area contributed by atoms with Crippen molar-refractivity contribution in [2.75, 3.05) is 5.32 Å². The zero-order valence-electron chi connectivity index (χ0n) is 14.3. The van der Waals surface area contributed by atoms with Crippen molar-refractivity contribution in [3.05, 3.63) is 40.9 Å². The predicted molar refractivity (Wildman–Crippen MR) is 95.7 cm³/mol. The number of ether oxygens (including phenoxy) is 1. The number of amides is 2. The number of rotatable bonds is 6. The van der Waals surface area contributed by atoms with Crippen molar-refractivity contribution in [2.45, 2.75) is 46.3 Å². The second kappa shape index (κ2) is 8.06. The Labute approximate surface area is 147 Å². The largest absolute Gasteiger partial charge is 0.487 e. The van der Waals surface area contributed by atoms with Crippen LogP contribution in [0.1, 0.15) is 44.8 Å². The monoisotopic (exact) mass is 350 g/mol. The number of carbonyl (C=O) groups is 1. The SMILES string of the molecule is CC[C@H](NC(=O)Nc1cccc(Cl)c1OC(C)C)c1ncc(C)[nH]1. The maximum Gasteiger partial charge on any atom is 0.319 e. The van der Waals surface area contributed by atoms with Crippen LogP contribution < -0.4 is 15.4 Å². The lowest BCUT2D eigenvalue weighted by Gasteiger charge is -2.18. The number of hydrogen-bond donors (Lipinski definition) is 3. The number of aromatic amines is 1. The first kappa shape index (κ1) is 18.1. The molecule has 1 aromatic carbocycles. The number of aromatic nitrogens is 2. The smallest absolute Gasteiger partial charge is 0.319 e. The second-order valence-electron chi connectivity index (χ2n) is 5.79. The number of nitrogens with zero attached hydrogens (tertiary/aromatic N) is 1. The van der Waals surface area contributed by atoms with Crippen LogP contribution in [0.5, 0.6) is 5.75 Å². The molecule has 0 radical (unpaired) electrons. The molecule has 0 bridgehead atoms. The Hall–Kier alpha value is -2.21. The van der Waals surface area contributed by atoms with Gasteiger partial charge in [-0.3, -0.25) is 0 Å². The van der Waals surface area contributed by atoms with Crippen LogP contribution >= 0.6 is 11.6 Å². The summed E-state index contributed by atoms with van der Waals surface area (Å²) in [5.74, 6) is 1.20. The van der Waals surface area contributed by atoms with Gasteiger partial charge in [0.2, 0.25) is 0 Å². The highest BCUT2D eigenvalue weighted by Crippen LogP contribution is 2.33. The van der Waals surface area contributed by atoms with Gasteiger partial charge in [0.15, 0.2) is 5.75 Å². The van der Waals surface area contributed by atoms with Gasteiger partial charge in [0.05, 0.1) is 22.9 Å². The number of carbonyl (C=O) groups excluding carboxylic acids is 1. The van der Waals surface area contributed by atoms with Crippen LogP contribution in [0.25, 0.3) is 0 Å². The van der Waals surface area contributed by atoms with Gasteiger partial charge in [0, 0.05) is 11.9 Å². The minimum Gasteiger partial charge on any atom is -0.487 e. The van der Waals surface area contributed by atoms with E-state index in [0.717, 1.165) is 11.5 Å². The quantitative estimate of drug-likeness (QED) is 0.721. The van der Waals surface area contributed by atoms with Gasteiger partial charge in [0.1, 0.15) is 5.82 Å². The summed E-state index contributed by atoms with van der Waals surface area (Å²) in [5.41, 5.74) is 1.48. The van der Waals surface area contributed by atoms with Gasteiger partial charge >= 0.3 is 6.03 Å². The predicted octanol–water partition coefficient (Wildman–Crippen LogP) is 4.43. The molecular formula is C17H23ClN4O2. The summed E-state index contributed by atoms with van der Waals surface area (Å²) in [6.45, 7) is 7.71. The maximum atomic E-state index is 12.3. The number of halogens is 1. The number of aryl methyl sites for hydroxylation is 1. The fourth-order valence-corrected chi connectivity index (χ4v) is 2.47. The van der Waals surface area contributed by atoms with Crippen LogP contribution in [0, 0.1) is 6.92 Å². The van der Waals surface area contributed by atoms with E-state index in [1.807, 2.05) is 27.7 Å². The highest BCUT2D eigenvalue weighted by molar-refractivity contribution is 6.32. The molecule has 0 fully saturated rings. The molecule has 2 aromatic rings. The summed E-state index contributed by atoms with van der Waals surface area (Å²) in [4.78, 5) is 19.8. The van der Waals surface area contributed by atoms with Crippen LogP contribution in [0.2, 0.25) is 5.02 Å². The van der Waals surface area contributed by atoms with Crippen molar-refractivity contribution in [2.24, 2.45) is 0 Å². The summed E-state index contributed by atoms with van der Waals surface area (Å²) >= 11 is 6.18. The van der Waals surface area contributed by atoms with E-state index in [1.54, 1.807) is 24.4 Å². The lowest BCUT2D eigenvalue weighted by atomic mass is 10.2. The van der Waals surface area contributed by atoms with E-state index in [0.29, 0.717) is 22.9 Å². The third-order valence-corrected chi connectivity index (χ3v) is 3.63. The zero-order chi connectivity index (χ0) is 17.7. The van der Waals surface area contributed by atoms with Gasteiger partial charge in [-0.05, 0) is 39.3 Å². The lowest BCUT2D eigenvalue weighted by molar-refractivity contribution is 0.240. The molecule has 0 saturated heterocycles. The normalized spacial score (nSPS) is 12.1. The van der Waals surface area contributed by atoms with Crippen molar-refractivity contribution >= 4 is 23.3 Å². The van der Waals surface area contributed by atoms with Gasteiger partial charge in [0.25, 0.3) is 0 Å². The van der Waals surface area contributed by atoms with Crippen molar-refractivity contribution in [3.8, 4) is 5.75 Å². The minimum absolute atomic E-state index is 0.0528. The minimum atomic E-state index is -0.341. The fourth-order valence-electron chi connectivity index (χ4n) is 2.25. The Kier molecular flexibility index (Phi) is 6.09. The van der Waals surface area contributed by atoms with Gasteiger partial charge in [-0.15, -0.1) is 0 Å². The average molecular weight is 351 g/mol. The second-order valence-corrected chi connectivity index (χ2v) is 6.20. The highest BCUT2D eigenvalue weighted by Gasteiger charge is 2.17. The third-order valence-electron chi connectivity index (χ3n) is 3.33. The molecule has 2 amide bonds. The van der Waals surface area contributed by atoms with E-state index in [2.05, 4.69) is 20.6 Å². The number of hydrogen-bond acceptors (Lipinski definition) is 3. The molecule has 2 rings (SSSR count). The molecular weight excluding hydrogens is 328 g/mol. The number of benzene rings is 1. The Balaban J connectivity index is 2.10. The van der Waals surface area contributed by atoms with Gasteiger partial charge in [-0.1, -0.05) is 24.6 Å². The first-order valence-corrected chi connectivity index (χ1v) is 8.32. The third kappa shape index (κ3) is 4.64. The molecule has 1 aromatic heterocycles. The molecule has 0 aliphatic heterocycles. The molecule has 0 aliphatic carbocycles. The van der Waals surface area contributed by atoms with E-state index < -0.39 is 0 Å². The molecule has 0 spiro atoms. The maximum absolute atomic E-state index is 12.3. The fraction of sp³-hybridized carbons (Fsp3) is 0.412. The average Bonchev–Trinajstić information content (AvgIpc) is 2.94. The van der Waals surface area contributed by atoms with Crippen LogP contribution in [-0.4, -0.2) is 22.1 Å². The molecule has 1 atom stereocenters. The molecule has 6 nitrogen and oxygen atoms in total. The van der Waals surface area contributed by atoms with Crippen molar-refractivity contribution < 1.29 is 9.53 Å². The van der Waals surface area contributed by atoms with E-state index >= 15 is 0 Å².